The lowest BCUT2D eigenvalue weighted by molar-refractivity contribution is -0.143. The zero-order valence-electron chi connectivity index (χ0n) is 13.3. The van der Waals surface area contributed by atoms with Crippen LogP contribution >= 0.6 is 0 Å². The van der Waals surface area contributed by atoms with Crippen molar-refractivity contribution in [2.45, 2.75) is 83.4 Å². The van der Waals surface area contributed by atoms with Crippen molar-refractivity contribution >= 4 is 0 Å². The maximum absolute atomic E-state index is 12.3. The Kier molecular flexibility index (Phi) is 6.54. The predicted molar refractivity (Wildman–Crippen MR) is 78.9 cm³/mol. The van der Waals surface area contributed by atoms with E-state index in [2.05, 4.69) is 6.92 Å². The summed E-state index contributed by atoms with van der Waals surface area (Å²) in [5.74, 6) is 0.681. The van der Waals surface area contributed by atoms with Crippen molar-refractivity contribution < 1.29 is 18.3 Å². The molecule has 0 saturated heterocycles. The van der Waals surface area contributed by atoms with E-state index >= 15 is 0 Å². The second kappa shape index (κ2) is 7.32. The van der Waals surface area contributed by atoms with Gasteiger partial charge < -0.3 is 10.8 Å². The van der Waals surface area contributed by atoms with E-state index in [1.165, 1.54) is 6.42 Å². The quantitative estimate of drug-likeness (QED) is 0.732. The molecule has 21 heavy (non-hydrogen) atoms. The maximum atomic E-state index is 12.3. The van der Waals surface area contributed by atoms with Crippen molar-refractivity contribution in [3.8, 4) is 0 Å². The van der Waals surface area contributed by atoms with E-state index in [1.807, 2.05) is 0 Å². The van der Waals surface area contributed by atoms with Gasteiger partial charge in [0.05, 0.1) is 5.60 Å². The molecule has 1 rings (SSSR count). The van der Waals surface area contributed by atoms with E-state index in [4.69, 9.17) is 5.73 Å². The summed E-state index contributed by atoms with van der Waals surface area (Å²) in [5, 5.41) is 10.8. The molecule has 5 heteroatoms. The standard InChI is InChI=1S/C16H30F3NO/c1-3-5-13-6-10-15(12-20,11-7-13)14(2,21)8-4-9-16(17,18)19/h13,21H,3-12,20H2,1-2H3. The molecule has 0 radical (unpaired) electrons. The summed E-state index contributed by atoms with van der Waals surface area (Å²) in [6.07, 6.45) is 1.21. The average Bonchev–Trinajstić information content (AvgIpc) is 2.38. The van der Waals surface area contributed by atoms with Gasteiger partial charge in [-0.05, 0) is 51.4 Å². The first-order chi connectivity index (χ1) is 9.66. The van der Waals surface area contributed by atoms with Crippen LogP contribution in [0.5, 0.6) is 0 Å². The van der Waals surface area contributed by atoms with Crippen LogP contribution in [-0.4, -0.2) is 23.4 Å². The molecule has 0 aromatic heterocycles. The average molecular weight is 309 g/mol. The summed E-state index contributed by atoms with van der Waals surface area (Å²) in [6.45, 7) is 4.19. The Bertz CT molecular complexity index is 307. The Morgan fingerprint density at radius 3 is 2.19 bits per heavy atom. The Morgan fingerprint density at radius 1 is 1.19 bits per heavy atom. The molecule has 0 spiro atoms. The highest BCUT2D eigenvalue weighted by Gasteiger charge is 2.47. The maximum Gasteiger partial charge on any atom is 0.389 e. The van der Waals surface area contributed by atoms with E-state index in [0.717, 1.165) is 32.1 Å². The fraction of sp³-hybridized carbons (Fsp3) is 1.00. The van der Waals surface area contributed by atoms with Crippen molar-refractivity contribution in [1.29, 1.82) is 0 Å². The minimum absolute atomic E-state index is 0.0311. The number of alkyl halides is 3. The second-order valence-electron chi connectivity index (χ2n) is 6.96. The Morgan fingerprint density at radius 2 is 1.76 bits per heavy atom. The molecule has 0 aromatic rings. The fourth-order valence-corrected chi connectivity index (χ4v) is 3.79. The van der Waals surface area contributed by atoms with Crippen LogP contribution in [0.4, 0.5) is 13.2 Å². The molecule has 0 amide bonds. The monoisotopic (exact) mass is 309 g/mol. The third kappa shape index (κ3) is 5.13. The van der Waals surface area contributed by atoms with Gasteiger partial charge in [-0.15, -0.1) is 0 Å². The van der Waals surface area contributed by atoms with E-state index < -0.39 is 23.6 Å². The highest BCUT2D eigenvalue weighted by atomic mass is 19.4. The topological polar surface area (TPSA) is 46.2 Å². The van der Waals surface area contributed by atoms with Crippen molar-refractivity contribution in [3.63, 3.8) is 0 Å². The number of aliphatic hydroxyl groups is 1. The molecule has 126 valence electrons. The van der Waals surface area contributed by atoms with Crippen molar-refractivity contribution in [1.82, 2.24) is 0 Å². The number of nitrogens with two attached hydrogens (primary N) is 1. The summed E-state index contributed by atoms with van der Waals surface area (Å²) in [6, 6.07) is 0. The molecule has 2 nitrogen and oxygen atoms in total. The molecular formula is C16H30F3NO. The van der Waals surface area contributed by atoms with E-state index in [0.29, 0.717) is 12.5 Å². The summed E-state index contributed by atoms with van der Waals surface area (Å²) < 4.78 is 36.8. The van der Waals surface area contributed by atoms with Crippen LogP contribution in [0.1, 0.15) is 71.6 Å². The molecule has 0 aliphatic heterocycles. The highest BCUT2D eigenvalue weighted by molar-refractivity contribution is 4.99. The molecule has 1 aliphatic rings. The first-order valence-corrected chi connectivity index (χ1v) is 8.15. The normalized spacial score (nSPS) is 30.1. The van der Waals surface area contributed by atoms with Crippen LogP contribution in [0.25, 0.3) is 0 Å². The molecule has 0 bridgehead atoms. The summed E-state index contributed by atoms with van der Waals surface area (Å²) in [5.41, 5.74) is 4.40. The number of rotatable bonds is 7. The van der Waals surface area contributed by atoms with Gasteiger partial charge in [0.25, 0.3) is 0 Å². The lowest BCUT2D eigenvalue weighted by Crippen LogP contribution is -2.52. The van der Waals surface area contributed by atoms with Gasteiger partial charge in [0.2, 0.25) is 0 Å². The second-order valence-corrected chi connectivity index (χ2v) is 6.96. The van der Waals surface area contributed by atoms with Gasteiger partial charge in [0, 0.05) is 18.4 Å². The van der Waals surface area contributed by atoms with Gasteiger partial charge in [-0.25, -0.2) is 0 Å². The zero-order valence-corrected chi connectivity index (χ0v) is 13.3. The lowest BCUT2D eigenvalue weighted by atomic mass is 9.60. The number of hydrogen-bond donors (Lipinski definition) is 2. The van der Waals surface area contributed by atoms with Gasteiger partial charge >= 0.3 is 6.18 Å². The van der Waals surface area contributed by atoms with Crippen LogP contribution in [0, 0.1) is 11.3 Å². The van der Waals surface area contributed by atoms with Crippen molar-refractivity contribution in [2.24, 2.45) is 17.1 Å². The molecule has 1 unspecified atom stereocenters. The highest BCUT2D eigenvalue weighted by Crippen LogP contribution is 2.48. The summed E-state index contributed by atoms with van der Waals surface area (Å²) in [4.78, 5) is 0. The van der Waals surface area contributed by atoms with Gasteiger partial charge in [-0.2, -0.15) is 13.2 Å². The predicted octanol–water partition coefficient (Wildman–Crippen LogP) is 4.41. The van der Waals surface area contributed by atoms with E-state index in [1.54, 1.807) is 6.92 Å². The molecule has 3 N–H and O–H groups in total. The van der Waals surface area contributed by atoms with Gasteiger partial charge in [-0.3, -0.25) is 0 Å². The first-order valence-electron chi connectivity index (χ1n) is 8.15. The zero-order chi connectivity index (χ0) is 16.1. The van der Waals surface area contributed by atoms with Crippen LogP contribution in [0.3, 0.4) is 0 Å². The third-order valence-corrected chi connectivity index (χ3v) is 5.42. The molecule has 1 aliphatic carbocycles. The van der Waals surface area contributed by atoms with E-state index in [9.17, 15) is 18.3 Å². The van der Waals surface area contributed by atoms with Crippen LogP contribution in [0.15, 0.2) is 0 Å². The fourth-order valence-electron chi connectivity index (χ4n) is 3.79. The first kappa shape index (κ1) is 18.8. The van der Waals surface area contributed by atoms with Crippen LogP contribution < -0.4 is 5.73 Å². The minimum Gasteiger partial charge on any atom is -0.390 e. The van der Waals surface area contributed by atoms with Crippen LogP contribution in [-0.2, 0) is 0 Å². The lowest BCUT2D eigenvalue weighted by Gasteiger charge is -2.49. The molecule has 0 heterocycles. The largest absolute Gasteiger partial charge is 0.390 e. The molecule has 0 aromatic carbocycles. The van der Waals surface area contributed by atoms with Crippen LogP contribution in [0.2, 0.25) is 0 Å². The van der Waals surface area contributed by atoms with Gasteiger partial charge in [0.15, 0.2) is 0 Å². The SMILES string of the molecule is CCCC1CCC(CN)(C(C)(O)CCCC(F)(F)F)CC1. The summed E-state index contributed by atoms with van der Waals surface area (Å²) >= 11 is 0. The van der Waals surface area contributed by atoms with Gasteiger partial charge in [0.1, 0.15) is 0 Å². The Balaban J connectivity index is 2.61. The Hall–Kier alpha value is -0.290. The molecular weight excluding hydrogens is 279 g/mol. The van der Waals surface area contributed by atoms with Crippen molar-refractivity contribution in [2.75, 3.05) is 6.54 Å². The molecule has 1 fully saturated rings. The number of hydrogen-bond acceptors (Lipinski definition) is 2. The van der Waals surface area contributed by atoms with Crippen molar-refractivity contribution in [3.05, 3.63) is 0 Å². The molecule has 1 atom stereocenters. The van der Waals surface area contributed by atoms with Gasteiger partial charge in [-0.1, -0.05) is 19.8 Å². The summed E-state index contributed by atoms with van der Waals surface area (Å²) in [7, 11) is 0. The minimum atomic E-state index is -4.15. The molecule has 1 saturated carbocycles. The number of halogens is 3. The van der Waals surface area contributed by atoms with E-state index in [-0.39, 0.29) is 12.8 Å². The third-order valence-electron chi connectivity index (χ3n) is 5.42. The Labute approximate surface area is 126 Å². The smallest absolute Gasteiger partial charge is 0.389 e.